The second-order valence-electron chi connectivity index (χ2n) is 12.1. The Labute approximate surface area is 275 Å². The second kappa shape index (κ2) is 13.0. The van der Waals surface area contributed by atoms with E-state index in [4.69, 9.17) is 16.0 Å². The van der Waals surface area contributed by atoms with E-state index in [1.807, 2.05) is 41.3 Å². The number of carbonyl (C=O) groups is 3. The fourth-order valence-corrected chi connectivity index (χ4v) is 7.00. The molecule has 244 valence electrons. The van der Waals surface area contributed by atoms with Crippen molar-refractivity contribution in [1.82, 2.24) is 30.0 Å². The number of nitrogens with one attached hydrogen (secondary N) is 3. The molecular formula is C33H35ClN8O5. The summed E-state index contributed by atoms with van der Waals surface area (Å²) in [5.41, 5.74) is 4.25. The number of likely N-dealkylation sites (tertiary alicyclic amines) is 1. The van der Waals surface area contributed by atoms with Crippen LogP contribution in [0.3, 0.4) is 0 Å². The Morgan fingerprint density at radius 1 is 0.979 bits per heavy atom. The van der Waals surface area contributed by atoms with Crippen LogP contribution in [0, 0.1) is 0 Å². The standard InChI is InChI=1S/C33H35ClN8O5/c34-25-17-21(19-28-29(25)38-33(46)47-28)18-27(30(43)40-15-13-39(14-16-40)23-5-9-35-10-6-23)37-31(44)41-11-7-24(8-12-41)42-20-22-3-1-2-4-26(22)36-32(42)45/h1-6,9-10,17,19,24,27H,7-8,11-16,18,20H2,(H,36,45)(H,37,44)(H,38,46). The highest BCUT2D eigenvalue weighted by molar-refractivity contribution is 6.34. The van der Waals surface area contributed by atoms with Gasteiger partial charge in [0, 0.05) is 82.0 Å². The van der Waals surface area contributed by atoms with E-state index >= 15 is 0 Å². The van der Waals surface area contributed by atoms with E-state index in [1.54, 1.807) is 34.3 Å². The molecule has 2 aromatic carbocycles. The molecule has 4 aromatic rings. The van der Waals surface area contributed by atoms with Crippen molar-refractivity contribution in [2.24, 2.45) is 0 Å². The topological polar surface area (TPSA) is 147 Å². The summed E-state index contributed by atoms with van der Waals surface area (Å²) in [6.07, 6.45) is 4.89. The summed E-state index contributed by atoms with van der Waals surface area (Å²) in [5, 5.41) is 6.27. The lowest BCUT2D eigenvalue weighted by atomic mass is 10.0. The van der Waals surface area contributed by atoms with Crippen molar-refractivity contribution in [2.75, 3.05) is 49.5 Å². The van der Waals surface area contributed by atoms with Gasteiger partial charge >= 0.3 is 17.8 Å². The number of H-pyrrole nitrogens is 1. The summed E-state index contributed by atoms with van der Waals surface area (Å²) in [6, 6.07) is 13.6. The van der Waals surface area contributed by atoms with Crippen LogP contribution in [-0.4, -0.2) is 94.0 Å². The third kappa shape index (κ3) is 6.48. The molecule has 13 nitrogen and oxygen atoms in total. The number of amides is 5. The van der Waals surface area contributed by atoms with Crippen molar-refractivity contribution in [3.05, 3.63) is 87.6 Å². The van der Waals surface area contributed by atoms with Gasteiger partial charge in [-0.05, 0) is 54.3 Å². The van der Waals surface area contributed by atoms with Crippen molar-refractivity contribution in [3.8, 4) is 0 Å². The van der Waals surface area contributed by atoms with Crippen molar-refractivity contribution in [2.45, 2.75) is 37.9 Å². The van der Waals surface area contributed by atoms with Gasteiger partial charge in [0.05, 0.1) is 5.02 Å². The number of oxazole rings is 1. The van der Waals surface area contributed by atoms with Crippen molar-refractivity contribution in [1.29, 1.82) is 0 Å². The molecule has 3 aliphatic heterocycles. The van der Waals surface area contributed by atoms with Gasteiger partial charge in [-0.25, -0.2) is 14.4 Å². The Kier molecular flexibility index (Phi) is 8.46. The minimum absolute atomic E-state index is 0.00796. The number of piperazine rings is 1. The number of urea groups is 2. The number of hydrogen-bond acceptors (Lipinski definition) is 7. The summed E-state index contributed by atoms with van der Waals surface area (Å²) in [4.78, 5) is 66.5. The van der Waals surface area contributed by atoms with E-state index in [-0.39, 0.29) is 36.0 Å². The van der Waals surface area contributed by atoms with E-state index < -0.39 is 11.8 Å². The number of rotatable bonds is 6. The molecule has 3 aliphatic rings. The first kappa shape index (κ1) is 30.6. The maximum Gasteiger partial charge on any atom is 0.417 e. The molecule has 0 bridgehead atoms. The van der Waals surface area contributed by atoms with Crippen molar-refractivity contribution in [3.63, 3.8) is 0 Å². The minimum atomic E-state index is -0.878. The molecule has 5 amide bonds. The summed E-state index contributed by atoms with van der Waals surface area (Å²) in [5.74, 6) is -0.820. The summed E-state index contributed by atoms with van der Waals surface area (Å²) >= 11 is 6.44. The fraction of sp³-hybridized carbons (Fsp3) is 0.364. The third-order valence-corrected chi connectivity index (χ3v) is 9.55. The van der Waals surface area contributed by atoms with Crippen LogP contribution in [0.5, 0.6) is 0 Å². The zero-order valence-electron chi connectivity index (χ0n) is 25.7. The lowest BCUT2D eigenvalue weighted by molar-refractivity contribution is -0.133. The highest BCUT2D eigenvalue weighted by Gasteiger charge is 2.35. The van der Waals surface area contributed by atoms with Crippen molar-refractivity contribution < 1.29 is 18.8 Å². The van der Waals surface area contributed by atoms with Crippen LogP contribution in [0.1, 0.15) is 24.0 Å². The molecule has 1 unspecified atom stereocenters. The van der Waals surface area contributed by atoms with Gasteiger partial charge in [0.1, 0.15) is 11.6 Å². The fourth-order valence-electron chi connectivity index (χ4n) is 6.72. The number of aromatic amines is 1. The number of nitrogens with zero attached hydrogens (tertiary/aromatic N) is 5. The number of anilines is 2. The van der Waals surface area contributed by atoms with Gasteiger partial charge in [-0.2, -0.15) is 0 Å². The van der Waals surface area contributed by atoms with Crippen LogP contribution < -0.4 is 21.3 Å². The first-order chi connectivity index (χ1) is 22.8. The van der Waals surface area contributed by atoms with Crippen LogP contribution in [0.25, 0.3) is 11.1 Å². The third-order valence-electron chi connectivity index (χ3n) is 9.25. The van der Waals surface area contributed by atoms with E-state index in [9.17, 15) is 19.2 Å². The largest absolute Gasteiger partial charge is 0.417 e. The molecule has 0 aliphatic carbocycles. The zero-order valence-corrected chi connectivity index (χ0v) is 26.4. The predicted molar refractivity (Wildman–Crippen MR) is 176 cm³/mol. The van der Waals surface area contributed by atoms with Gasteiger partial charge in [-0.15, -0.1) is 0 Å². The highest BCUT2D eigenvalue weighted by atomic mass is 35.5. The molecule has 47 heavy (non-hydrogen) atoms. The van der Waals surface area contributed by atoms with Crippen LogP contribution >= 0.6 is 11.6 Å². The monoisotopic (exact) mass is 658 g/mol. The Hall–Kier alpha value is -5.04. The van der Waals surface area contributed by atoms with Crippen LogP contribution in [-0.2, 0) is 17.8 Å². The minimum Gasteiger partial charge on any atom is -0.408 e. The Morgan fingerprint density at radius 2 is 1.72 bits per heavy atom. The number of para-hydroxylation sites is 1. The SMILES string of the molecule is O=C(NC(Cc1cc(Cl)c2[nH]c(=O)oc2c1)C(=O)N1CCN(c2ccncc2)CC1)N1CCC(N2Cc3ccccc3NC2=O)CC1. The highest BCUT2D eigenvalue weighted by Crippen LogP contribution is 2.28. The number of carbonyl (C=O) groups excluding carboxylic acids is 3. The normalized spacial score (nSPS) is 17.8. The predicted octanol–water partition coefficient (Wildman–Crippen LogP) is 3.65. The molecule has 0 saturated carbocycles. The summed E-state index contributed by atoms with van der Waals surface area (Å²) in [6.45, 7) is 3.69. The smallest absolute Gasteiger partial charge is 0.408 e. The van der Waals surface area contributed by atoms with Crippen LogP contribution in [0.15, 0.2) is 70.1 Å². The second-order valence-corrected chi connectivity index (χ2v) is 12.5. The van der Waals surface area contributed by atoms with Gasteiger partial charge < -0.3 is 34.7 Å². The maximum absolute atomic E-state index is 14.0. The van der Waals surface area contributed by atoms with E-state index in [2.05, 4.69) is 25.5 Å². The molecule has 0 spiro atoms. The van der Waals surface area contributed by atoms with E-state index in [0.717, 1.165) is 16.9 Å². The Morgan fingerprint density at radius 3 is 2.49 bits per heavy atom. The average Bonchev–Trinajstić information content (AvgIpc) is 3.48. The summed E-state index contributed by atoms with van der Waals surface area (Å²) < 4.78 is 5.24. The summed E-state index contributed by atoms with van der Waals surface area (Å²) in [7, 11) is 0. The molecule has 14 heteroatoms. The molecule has 2 saturated heterocycles. The van der Waals surface area contributed by atoms with Crippen LogP contribution in [0.2, 0.25) is 5.02 Å². The van der Waals surface area contributed by atoms with Gasteiger partial charge in [-0.1, -0.05) is 29.8 Å². The molecule has 2 fully saturated rings. The molecule has 0 radical (unpaired) electrons. The average molecular weight is 659 g/mol. The van der Waals surface area contributed by atoms with E-state index in [0.29, 0.717) is 74.8 Å². The Balaban J connectivity index is 1.03. The molecule has 1 atom stereocenters. The van der Waals surface area contributed by atoms with Crippen LogP contribution in [0.4, 0.5) is 21.0 Å². The first-order valence-electron chi connectivity index (χ1n) is 15.8. The number of benzene rings is 2. The number of aromatic nitrogens is 2. The van der Waals surface area contributed by atoms with Crippen molar-refractivity contribution >= 4 is 52.0 Å². The number of halogens is 1. The molecule has 2 aromatic heterocycles. The van der Waals surface area contributed by atoms with Gasteiger partial charge in [0.15, 0.2) is 5.58 Å². The molecule has 3 N–H and O–H groups in total. The first-order valence-corrected chi connectivity index (χ1v) is 16.2. The lowest BCUT2D eigenvalue weighted by Crippen LogP contribution is -2.58. The quantitative estimate of drug-likeness (QED) is 0.287. The molecular weight excluding hydrogens is 624 g/mol. The number of pyridine rings is 1. The maximum atomic E-state index is 14.0. The van der Waals surface area contributed by atoms with Gasteiger partial charge in [-0.3, -0.25) is 14.8 Å². The molecule has 5 heterocycles. The van der Waals surface area contributed by atoms with Gasteiger partial charge in [0.25, 0.3) is 0 Å². The zero-order chi connectivity index (χ0) is 32.5. The number of fused-ring (bicyclic) bond motifs is 2. The lowest BCUT2D eigenvalue weighted by Gasteiger charge is -2.41. The van der Waals surface area contributed by atoms with Gasteiger partial charge in [0.2, 0.25) is 5.91 Å². The Bertz CT molecular complexity index is 1850. The molecule has 7 rings (SSSR count). The number of hydrogen-bond donors (Lipinski definition) is 3. The number of piperidine rings is 1. The van der Waals surface area contributed by atoms with E-state index in [1.165, 1.54) is 0 Å².